The highest BCUT2D eigenvalue weighted by molar-refractivity contribution is 6.31. The lowest BCUT2D eigenvalue weighted by molar-refractivity contribution is 0.144. The van der Waals surface area contributed by atoms with E-state index in [1.807, 2.05) is 6.07 Å². The first-order valence-corrected chi connectivity index (χ1v) is 5.47. The van der Waals surface area contributed by atoms with Crippen LogP contribution in [0.3, 0.4) is 0 Å². The first-order chi connectivity index (χ1) is 7.15. The number of aliphatic hydroxyl groups is 1. The minimum atomic E-state index is -0.165. The Labute approximate surface area is 94.2 Å². The molecule has 0 heterocycles. The fraction of sp³-hybridized carbons (Fsp3) is 0.455. The highest BCUT2D eigenvalue weighted by Gasteiger charge is 2.36. The molecule has 0 atom stereocenters. The zero-order chi connectivity index (χ0) is 10.9. The number of halogens is 1. The number of nitrogens with two attached hydrogens (primary N) is 1. The number of benzene rings is 1. The number of hydrogen-bond acceptors (Lipinski definition) is 3. The average Bonchev–Trinajstić information content (AvgIpc) is 2.14. The van der Waals surface area contributed by atoms with Crippen LogP contribution in [0, 0.1) is 0 Å². The summed E-state index contributed by atoms with van der Waals surface area (Å²) >= 11 is 5.81. The third-order valence-electron chi connectivity index (χ3n) is 3.03. The van der Waals surface area contributed by atoms with Gasteiger partial charge in [0.25, 0.3) is 0 Å². The molecular weight excluding hydrogens is 212 g/mol. The van der Waals surface area contributed by atoms with Gasteiger partial charge >= 0.3 is 0 Å². The Kier molecular flexibility index (Phi) is 2.76. The third-order valence-corrected chi connectivity index (χ3v) is 3.26. The van der Waals surface area contributed by atoms with Crippen molar-refractivity contribution in [3.8, 4) is 0 Å². The lowest BCUT2D eigenvalue weighted by Gasteiger charge is -2.42. The van der Waals surface area contributed by atoms with Gasteiger partial charge in [0.1, 0.15) is 0 Å². The minimum Gasteiger partial charge on any atom is -0.397 e. The van der Waals surface area contributed by atoms with Crippen LogP contribution in [0.5, 0.6) is 0 Å². The minimum absolute atomic E-state index is 0.148. The van der Waals surface area contributed by atoms with Crippen molar-refractivity contribution in [2.75, 3.05) is 17.7 Å². The summed E-state index contributed by atoms with van der Waals surface area (Å²) < 4.78 is 0. The molecular formula is C11H15ClN2O. The maximum Gasteiger partial charge on any atom is 0.0661 e. The van der Waals surface area contributed by atoms with E-state index in [0.717, 1.165) is 24.9 Å². The molecule has 0 unspecified atom stereocenters. The topological polar surface area (TPSA) is 58.3 Å². The van der Waals surface area contributed by atoms with Gasteiger partial charge in [0.15, 0.2) is 0 Å². The summed E-state index contributed by atoms with van der Waals surface area (Å²) in [5, 5.41) is 13.2. The summed E-state index contributed by atoms with van der Waals surface area (Å²) in [6.07, 6.45) is 3.14. The van der Waals surface area contributed by atoms with Gasteiger partial charge in [0.05, 0.1) is 23.5 Å². The molecule has 0 spiro atoms. The molecule has 1 fully saturated rings. The molecule has 1 aliphatic rings. The Morgan fingerprint density at radius 1 is 1.47 bits per heavy atom. The Morgan fingerprint density at radius 3 is 2.67 bits per heavy atom. The largest absolute Gasteiger partial charge is 0.397 e. The van der Waals surface area contributed by atoms with Crippen LogP contribution in [-0.4, -0.2) is 17.3 Å². The molecule has 1 aliphatic carbocycles. The zero-order valence-corrected chi connectivity index (χ0v) is 9.22. The molecule has 0 aliphatic heterocycles. The summed E-state index contributed by atoms with van der Waals surface area (Å²) in [6.45, 7) is 0.148. The summed E-state index contributed by atoms with van der Waals surface area (Å²) in [6, 6.07) is 5.37. The zero-order valence-electron chi connectivity index (χ0n) is 8.46. The lowest BCUT2D eigenvalue weighted by Crippen LogP contribution is -2.48. The molecule has 0 saturated heterocycles. The maximum absolute atomic E-state index is 9.31. The van der Waals surface area contributed by atoms with Gasteiger partial charge in [-0.2, -0.15) is 0 Å². The van der Waals surface area contributed by atoms with Gasteiger partial charge < -0.3 is 16.2 Å². The molecule has 2 rings (SSSR count). The van der Waals surface area contributed by atoms with Crippen LogP contribution in [0.25, 0.3) is 0 Å². The van der Waals surface area contributed by atoms with Crippen molar-refractivity contribution in [2.45, 2.75) is 24.8 Å². The van der Waals surface area contributed by atoms with Gasteiger partial charge in [-0.3, -0.25) is 0 Å². The highest BCUT2D eigenvalue weighted by atomic mass is 35.5. The smallest absolute Gasteiger partial charge is 0.0661 e. The Bertz CT molecular complexity index is 358. The van der Waals surface area contributed by atoms with Crippen LogP contribution >= 0.6 is 11.6 Å². The number of anilines is 2. The van der Waals surface area contributed by atoms with Gasteiger partial charge in [-0.05, 0) is 37.5 Å². The van der Waals surface area contributed by atoms with E-state index in [0.29, 0.717) is 10.7 Å². The van der Waals surface area contributed by atoms with E-state index in [4.69, 9.17) is 17.3 Å². The number of hydrogen-bond donors (Lipinski definition) is 3. The first-order valence-electron chi connectivity index (χ1n) is 5.09. The molecule has 1 saturated carbocycles. The van der Waals surface area contributed by atoms with Gasteiger partial charge in [0.2, 0.25) is 0 Å². The Hall–Kier alpha value is -0.930. The van der Waals surface area contributed by atoms with Crippen molar-refractivity contribution in [3.63, 3.8) is 0 Å². The van der Waals surface area contributed by atoms with Gasteiger partial charge in [0, 0.05) is 5.02 Å². The second kappa shape index (κ2) is 3.91. The van der Waals surface area contributed by atoms with Crippen molar-refractivity contribution in [1.82, 2.24) is 0 Å². The second-order valence-corrected chi connectivity index (χ2v) is 4.59. The number of nitrogens with one attached hydrogen (secondary N) is 1. The first kappa shape index (κ1) is 10.6. The quantitative estimate of drug-likeness (QED) is 0.693. The van der Waals surface area contributed by atoms with Crippen molar-refractivity contribution < 1.29 is 5.11 Å². The monoisotopic (exact) mass is 226 g/mol. The van der Waals surface area contributed by atoms with E-state index in [9.17, 15) is 5.11 Å². The van der Waals surface area contributed by atoms with E-state index >= 15 is 0 Å². The second-order valence-electron chi connectivity index (χ2n) is 4.15. The van der Waals surface area contributed by atoms with Crippen LogP contribution < -0.4 is 11.1 Å². The van der Waals surface area contributed by atoms with E-state index < -0.39 is 0 Å². The molecule has 0 aromatic heterocycles. The maximum atomic E-state index is 9.31. The van der Waals surface area contributed by atoms with Crippen molar-refractivity contribution in [1.29, 1.82) is 0 Å². The van der Waals surface area contributed by atoms with E-state index in [1.54, 1.807) is 12.1 Å². The predicted molar refractivity (Wildman–Crippen MR) is 63.2 cm³/mol. The Morgan fingerprint density at radius 2 is 2.20 bits per heavy atom. The molecule has 0 amide bonds. The third kappa shape index (κ3) is 2.03. The molecule has 0 radical (unpaired) electrons. The molecule has 1 aromatic carbocycles. The van der Waals surface area contributed by atoms with Gasteiger partial charge in [-0.25, -0.2) is 0 Å². The summed E-state index contributed by atoms with van der Waals surface area (Å²) in [5.41, 5.74) is 7.15. The van der Waals surface area contributed by atoms with Crippen molar-refractivity contribution >= 4 is 23.0 Å². The van der Waals surface area contributed by atoms with Crippen LogP contribution in [0.4, 0.5) is 11.4 Å². The van der Waals surface area contributed by atoms with E-state index in [2.05, 4.69) is 5.32 Å². The molecule has 1 aromatic rings. The number of nitrogen functional groups attached to an aromatic ring is 1. The lowest BCUT2D eigenvalue weighted by atomic mass is 9.77. The van der Waals surface area contributed by atoms with Gasteiger partial charge in [-0.1, -0.05) is 11.6 Å². The SMILES string of the molecule is Nc1cc(Cl)ccc1NC1(CO)CCC1. The standard InChI is InChI=1S/C11H15ClN2O/c12-8-2-3-10(9(13)6-8)14-11(7-15)4-1-5-11/h2-3,6,14-15H,1,4-5,7,13H2. The predicted octanol–water partition coefficient (Wildman–Crippen LogP) is 2.25. The van der Waals surface area contributed by atoms with Crippen LogP contribution in [-0.2, 0) is 0 Å². The van der Waals surface area contributed by atoms with Crippen molar-refractivity contribution in [2.24, 2.45) is 0 Å². The average molecular weight is 227 g/mol. The summed E-state index contributed by atoms with van der Waals surface area (Å²) in [7, 11) is 0. The molecule has 15 heavy (non-hydrogen) atoms. The Balaban J connectivity index is 2.16. The molecule has 82 valence electrons. The van der Waals surface area contributed by atoms with Gasteiger partial charge in [-0.15, -0.1) is 0 Å². The molecule has 0 bridgehead atoms. The molecule has 3 nitrogen and oxygen atoms in total. The van der Waals surface area contributed by atoms with Crippen LogP contribution in [0.2, 0.25) is 5.02 Å². The fourth-order valence-corrected chi connectivity index (χ4v) is 2.04. The van der Waals surface area contributed by atoms with E-state index in [-0.39, 0.29) is 12.1 Å². The summed E-state index contributed by atoms with van der Waals surface area (Å²) in [4.78, 5) is 0. The molecule has 4 N–H and O–H groups in total. The van der Waals surface area contributed by atoms with Crippen LogP contribution in [0.1, 0.15) is 19.3 Å². The van der Waals surface area contributed by atoms with Crippen LogP contribution in [0.15, 0.2) is 18.2 Å². The fourth-order valence-electron chi connectivity index (χ4n) is 1.86. The normalized spacial score (nSPS) is 18.3. The number of aliphatic hydroxyl groups excluding tert-OH is 1. The van der Waals surface area contributed by atoms with E-state index in [1.165, 1.54) is 0 Å². The number of rotatable bonds is 3. The molecule has 4 heteroatoms. The van der Waals surface area contributed by atoms with Crippen molar-refractivity contribution in [3.05, 3.63) is 23.2 Å². The summed E-state index contributed by atoms with van der Waals surface area (Å²) in [5.74, 6) is 0. The highest BCUT2D eigenvalue weighted by Crippen LogP contribution is 2.36.